The third-order valence-electron chi connectivity index (χ3n) is 2.92. The van der Waals surface area contributed by atoms with Crippen molar-refractivity contribution in [1.82, 2.24) is 4.31 Å². The first-order valence-electron chi connectivity index (χ1n) is 5.16. The van der Waals surface area contributed by atoms with Crippen molar-refractivity contribution in [2.24, 2.45) is 0 Å². The first-order valence-corrected chi connectivity index (χ1v) is 7.01. The summed E-state index contributed by atoms with van der Waals surface area (Å²) in [6.45, 7) is 0.131. The third-order valence-corrected chi connectivity index (χ3v) is 4.15. The summed E-state index contributed by atoms with van der Waals surface area (Å²) in [5.41, 5.74) is 1.77. The average Bonchev–Trinajstić information content (AvgIpc) is 2.26. The van der Waals surface area contributed by atoms with E-state index in [1.807, 2.05) is 24.3 Å². The van der Waals surface area contributed by atoms with Crippen molar-refractivity contribution in [3.63, 3.8) is 0 Å². The van der Waals surface area contributed by atoms with Crippen LogP contribution in [0.5, 0.6) is 0 Å². The van der Waals surface area contributed by atoms with Gasteiger partial charge in [-0.3, -0.25) is 4.79 Å². The van der Waals surface area contributed by atoms with Gasteiger partial charge in [-0.25, -0.2) is 8.42 Å². The second kappa shape index (κ2) is 4.12. The summed E-state index contributed by atoms with van der Waals surface area (Å²) < 4.78 is 24.2. The Morgan fingerprint density at radius 1 is 1.35 bits per heavy atom. The minimum atomic E-state index is -3.51. The summed E-state index contributed by atoms with van der Waals surface area (Å²) in [4.78, 5) is 11.1. The van der Waals surface area contributed by atoms with Crippen LogP contribution < -0.4 is 0 Å². The van der Waals surface area contributed by atoms with E-state index in [1.165, 1.54) is 0 Å². The topological polar surface area (TPSA) is 74.7 Å². The zero-order valence-corrected chi connectivity index (χ0v) is 10.1. The second-order valence-corrected chi connectivity index (χ2v) is 6.07. The Balaban J connectivity index is 2.45. The lowest BCUT2D eigenvalue weighted by atomic mass is 9.96. The van der Waals surface area contributed by atoms with Crippen LogP contribution in [-0.2, 0) is 27.8 Å². The smallest absolute Gasteiger partial charge is 0.322 e. The summed E-state index contributed by atoms with van der Waals surface area (Å²) in [6.07, 6.45) is 1.26. The highest BCUT2D eigenvalue weighted by Crippen LogP contribution is 2.25. The molecule has 1 N–H and O–H groups in total. The first kappa shape index (κ1) is 12.1. The Hall–Kier alpha value is -1.40. The number of carboxylic acids is 1. The van der Waals surface area contributed by atoms with Gasteiger partial charge >= 0.3 is 5.97 Å². The van der Waals surface area contributed by atoms with Crippen LogP contribution in [0.4, 0.5) is 0 Å². The maximum atomic E-state index is 11.6. The van der Waals surface area contributed by atoms with Gasteiger partial charge in [0.25, 0.3) is 0 Å². The van der Waals surface area contributed by atoms with Crippen molar-refractivity contribution >= 4 is 16.0 Å². The van der Waals surface area contributed by atoms with Gasteiger partial charge in [0.15, 0.2) is 0 Å². The van der Waals surface area contributed by atoms with E-state index in [1.54, 1.807) is 0 Å². The molecule has 0 saturated heterocycles. The quantitative estimate of drug-likeness (QED) is 0.833. The van der Waals surface area contributed by atoms with E-state index in [-0.39, 0.29) is 13.0 Å². The Morgan fingerprint density at radius 2 is 1.94 bits per heavy atom. The number of sulfonamides is 1. The van der Waals surface area contributed by atoms with Gasteiger partial charge in [-0.05, 0) is 11.1 Å². The third kappa shape index (κ3) is 2.32. The van der Waals surface area contributed by atoms with Gasteiger partial charge in [0.2, 0.25) is 10.0 Å². The number of hydrogen-bond acceptors (Lipinski definition) is 3. The predicted molar refractivity (Wildman–Crippen MR) is 62.0 cm³/mol. The first-order chi connectivity index (χ1) is 7.89. The number of nitrogens with zero attached hydrogens (tertiary/aromatic N) is 1. The molecule has 0 amide bonds. The lowest BCUT2D eigenvalue weighted by Crippen LogP contribution is -2.48. The van der Waals surface area contributed by atoms with Gasteiger partial charge in [0.1, 0.15) is 6.04 Å². The summed E-state index contributed by atoms with van der Waals surface area (Å²) >= 11 is 0. The zero-order valence-electron chi connectivity index (χ0n) is 9.33. The van der Waals surface area contributed by atoms with Crippen molar-refractivity contribution in [3.8, 4) is 0 Å². The highest BCUT2D eigenvalue weighted by molar-refractivity contribution is 7.88. The van der Waals surface area contributed by atoms with Crippen LogP contribution in [-0.4, -0.2) is 36.1 Å². The maximum Gasteiger partial charge on any atom is 0.322 e. The molecular formula is C11H13NO4S. The molecule has 1 aliphatic heterocycles. The van der Waals surface area contributed by atoms with Crippen LogP contribution in [0, 0.1) is 0 Å². The van der Waals surface area contributed by atoms with Crippen LogP contribution in [0.15, 0.2) is 24.3 Å². The van der Waals surface area contributed by atoms with Gasteiger partial charge in [0, 0.05) is 13.0 Å². The summed E-state index contributed by atoms with van der Waals surface area (Å²) in [7, 11) is -3.51. The van der Waals surface area contributed by atoms with Gasteiger partial charge in [-0.2, -0.15) is 4.31 Å². The van der Waals surface area contributed by atoms with E-state index in [2.05, 4.69) is 0 Å². The Kier molecular flexibility index (Phi) is 2.92. The molecule has 1 unspecified atom stereocenters. The van der Waals surface area contributed by atoms with E-state index in [9.17, 15) is 13.2 Å². The van der Waals surface area contributed by atoms with Crippen LogP contribution in [0.1, 0.15) is 11.1 Å². The fourth-order valence-electron chi connectivity index (χ4n) is 2.06. The number of fused-ring (bicyclic) bond motifs is 1. The standard InChI is InChI=1S/C11H13NO4S/c1-17(15,16)12-7-9-5-3-2-4-8(9)6-10(12)11(13)14/h2-5,10H,6-7H2,1H3,(H,13,14). The molecule has 1 aromatic rings. The fraction of sp³-hybridized carbons (Fsp3) is 0.364. The average molecular weight is 255 g/mol. The molecule has 0 bridgehead atoms. The molecule has 92 valence electrons. The van der Waals surface area contributed by atoms with Crippen LogP contribution in [0.2, 0.25) is 0 Å². The van der Waals surface area contributed by atoms with E-state index in [0.717, 1.165) is 21.7 Å². The van der Waals surface area contributed by atoms with E-state index in [4.69, 9.17) is 5.11 Å². The van der Waals surface area contributed by atoms with Crippen LogP contribution in [0.3, 0.4) is 0 Å². The molecule has 0 spiro atoms. The molecule has 5 nitrogen and oxygen atoms in total. The molecule has 0 aromatic heterocycles. The zero-order chi connectivity index (χ0) is 12.6. The molecule has 0 saturated carbocycles. The van der Waals surface area contributed by atoms with Crippen LogP contribution >= 0.6 is 0 Å². The molecule has 1 heterocycles. The van der Waals surface area contributed by atoms with Gasteiger partial charge in [-0.1, -0.05) is 24.3 Å². The molecule has 17 heavy (non-hydrogen) atoms. The summed E-state index contributed by atoms with van der Waals surface area (Å²) in [6, 6.07) is 6.31. The van der Waals surface area contributed by atoms with Crippen LogP contribution in [0.25, 0.3) is 0 Å². The monoisotopic (exact) mass is 255 g/mol. The maximum absolute atomic E-state index is 11.6. The molecule has 0 fully saturated rings. The van der Waals surface area contributed by atoms with E-state index in [0.29, 0.717) is 0 Å². The summed E-state index contributed by atoms with van der Waals surface area (Å²) in [5, 5.41) is 9.09. The lowest BCUT2D eigenvalue weighted by molar-refractivity contribution is -0.141. The molecule has 0 aliphatic carbocycles. The summed E-state index contributed by atoms with van der Waals surface area (Å²) in [5.74, 6) is -1.11. The Labute approximate surface area is 99.7 Å². The molecule has 1 atom stereocenters. The van der Waals surface area contributed by atoms with E-state index >= 15 is 0 Å². The lowest BCUT2D eigenvalue weighted by Gasteiger charge is -2.32. The number of carboxylic acid groups (broad SMARTS) is 1. The fourth-order valence-corrected chi connectivity index (χ4v) is 3.06. The molecule has 0 radical (unpaired) electrons. The van der Waals surface area contributed by atoms with E-state index < -0.39 is 22.0 Å². The SMILES string of the molecule is CS(=O)(=O)N1Cc2ccccc2CC1C(=O)O. The van der Waals surface area contributed by atoms with Crippen molar-refractivity contribution in [1.29, 1.82) is 0 Å². The highest BCUT2D eigenvalue weighted by atomic mass is 32.2. The number of aliphatic carboxylic acids is 1. The largest absolute Gasteiger partial charge is 0.480 e. The highest BCUT2D eigenvalue weighted by Gasteiger charge is 2.36. The van der Waals surface area contributed by atoms with Crippen molar-refractivity contribution in [3.05, 3.63) is 35.4 Å². The van der Waals surface area contributed by atoms with Crippen molar-refractivity contribution in [2.75, 3.05) is 6.26 Å². The Bertz CT molecular complexity index is 552. The normalized spacial score (nSPS) is 20.9. The minimum absolute atomic E-state index is 0.131. The predicted octanol–water partition coefficient (Wildman–Crippen LogP) is 0.457. The minimum Gasteiger partial charge on any atom is -0.480 e. The number of carbonyl (C=O) groups is 1. The molecule has 1 aliphatic rings. The number of benzene rings is 1. The van der Waals surface area contributed by atoms with Gasteiger partial charge in [0.05, 0.1) is 6.26 Å². The van der Waals surface area contributed by atoms with Gasteiger partial charge < -0.3 is 5.11 Å². The molecule has 1 aromatic carbocycles. The van der Waals surface area contributed by atoms with Crippen molar-refractivity contribution in [2.45, 2.75) is 19.0 Å². The Morgan fingerprint density at radius 3 is 2.47 bits per heavy atom. The number of rotatable bonds is 2. The second-order valence-electron chi connectivity index (χ2n) is 4.14. The molecule has 6 heteroatoms. The van der Waals surface area contributed by atoms with Crippen molar-refractivity contribution < 1.29 is 18.3 Å². The van der Waals surface area contributed by atoms with Gasteiger partial charge in [-0.15, -0.1) is 0 Å². The number of hydrogen-bond donors (Lipinski definition) is 1. The molecular weight excluding hydrogens is 242 g/mol. The molecule has 2 rings (SSSR count).